The molecule has 1 fully saturated rings. The molecule has 1 aliphatic carbocycles. The first-order chi connectivity index (χ1) is 9.20. The standard InChI is InChI=1S/C14H14N2O2S/c1-15-13(18)11-9-4-2-3-5-10(9)19-14(11)16-12(17)8-6-7-8/h2-5,8H,6-7H2,1H3,(H,15,18)(H,16,17). The van der Waals surface area contributed by atoms with E-state index in [2.05, 4.69) is 10.6 Å². The second kappa shape index (κ2) is 4.66. The first kappa shape index (κ1) is 12.2. The molecule has 5 heteroatoms. The van der Waals surface area contributed by atoms with E-state index in [1.807, 2.05) is 24.3 Å². The number of anilines is 1. The van der Waals surface area contributed by atoms with Gasteiger partial charge < -0.3 is 10.6 Å². The van der Waals surface area contributed by atoms with Crippen LogP contribution in [0.4, 0.5) is 5.00 Å². The lowest BCUT2D eigenvalue weighted by Gasteiger charge is -2.05. The first-order valence-electron chi connectivity index (χ1n) is 6.25. The number of rotatable bonds is 3. The molecule has 2 N–H and O–H groups in total. The summed E-state index contributed by atoms with van der Waals surface area (Å²) >= 11 is 1.45. The zero-order valence-electron chi connectivity index (χ0n) is 10.5. The van der Waals surface area contributed by atoms with E-state index in [4.69, 9.17) is 0 Å². The van der Waals surface area contributed by atoms with Crippen molar-refractivity contribution in [2.45, 2.75) is 12.8 Å². The van der Waals surface area contributed by atoms with Crippen molar-refractivity contribution in [3.8, 4) is 0 Å². The van der Waals surface area contributed by atoms with Crippen LogP contribution in [0, 0.1) is 5.92 Å². The molecular weight excluding hydrogens is 260 g/mol. The first-order valence-corrected chi connectivity index (χ1v) is 7.07. The highest BCUT2D eigenvalue weighted by Gasteiger charge is 2.31. The van der Waals surface area contributed by atoms with Gasteiger partial charge in [0.05, 0.1) is 5.56 Å². The number of hydrogen-bond acceptors (Lipinski definition) is 3. The number of thiophene rings is 1. The monoisotopic (exact) mass is 274 g/mol. The predicted molar refractivity (Wildman–Crippen MR) is 76.6 cm³/mol. The summed E-state index contributed by atoms with van der Waals surface area (Å²) in [5.74, 6) is -0.0111. The average molecular weight is 274 g/mol. The SMILES string of the molecule is CNC(=O)c1c(NC(=O)C2CC2)sc2ccccc12. The summed E-state index contributed by atoms with van der Waals surface area (Å²) in [5.41, 5.74) is 0.567. The van der Waals surface area contributed by atoms with E-state index in [9.17, 15) is 9.59 Å². The Morgan fingerprint density at radius 2 is 2.00 bits per heavy atom. The van der Waals surface area contributed by atoms with Gasteiger partial charge in [-0.25, -0.2) is 0 Å². The smallest absolute Gasteiger partial charge is 0.254 e. The second-order valence-corrected chi connectivity index (χ2v) is 5.70. The van der Waals surface area contributed by atoms with Gasteiger partial charge in [0.25, 0.3) is 5.91 Å². The molecule has 1 heterocycles. The van der Waals surface area contributed by atoms with Gasteiger partial charge in [0.1, 0.15) is 5.00 Å². The number of amides is 2. The molecule has 98 valence electrons. The van der Waals surface area contributed by atoms with Crippen LogP contribution >= 0.6 is 11.3 Å². The molecule has 1 aromatic carbocycles. The van der Waals surface area contributed by atoms with Crippen LogP contribution in [0.3, 0.4) is 0 Å². The van der Waals surface area contributed by atoms with Crippen LogP contribution in [0.2, 0.25) is 0 Å². The molecule has 0 bridgehead atoms. The normalized spacial score (nSPS) is 14.4. The van der Waals surface area contributed by atoms with Crippen LogP contribution in [-0.4, -0.2) is 18.9 Å². The van der Waals surface area contributed by atoms with E-state index in [1.54, 1.807) is 7.05 Å². The number of carbonyl (C=O) groups excluding carboxylic acids is 2. The number of carbonyl (C=O) groups is 2. The Kier molecular flexibility index (Phi) is 2.98. The van der Waals surface area contributed by atoms with Gasteiger partial charge in [0.2, 0.25) is 5.91 Å². The molecule has 0 saturated heterocycles. The zero-order chi connectivity index (χ0) is 13.4. The number of hydrogen-bond donors (Lipinski definition) is 2. The summed E-state index contributed by atoms with van der Waals surface area (Å²) in [4.78, 5) is 23.9. The van der Waals surface area contributed by atoms with Gasteiger partial charge in [-0.3, -0.25) is 9.59 Å². The third-order valence-electron chi connectivity index (χ3n) is 3.23. The minimum atomic E-state index is -0.163. The highest BCUT2D eigenvalue weighted by atomic mass is 32.1. The van der Waals surface area contributed by atoms with E-state index in [0.717, 1.165) is 22.9 Å². The number of nitrogens with one attached hydrogen (secondary N) is 2. The summed E-state index contributed by atoms with van der Waals surface area (Å²) in [7, 11) is 1.60. The minimum absolute atomic E-state index is 0.0247. The van der Waals surface area contributed by atoms with Crippen molar-refractivity contribution in [2.75, 3.05) is 12.4 Å². The maximum Gasteiger partial charge on any atom is 0.254 e. The van der Waals surface area contributed by atoms with Crippen LogP contribution in [0.1, 0.15) is 23.2 Å². The Hall–Kier alpha value is -1.88. The highest BCUT2D eigenvalue weighted by Crippen LogP contribution is 2.37. The molecular formula is C14H14N2O2S. The van der Waals surface area contributed by atoms with Gasteiger partial charge in [-0.2, -0.15) is 0 Å². The van der Waals surface area contributed by atoms with Crippen molar-refractivity contribution in [1.29, 1.82) is 0 Å². The minimum Gasteiger partial charge on any atom is -0.355 e. The lowest BCUT2D eigenvalue weighted by molar-refractivity contribution is -0.117. The van der Waals surface area contributed by atoms with E-state index < -0.39 is 0 Å². The summed E-state index contributed by atoms with van der Waals surface area (Å²) in [5, 5.41) is 7.07. The van der Waals surface area contributed by atoms with Gasteiger partial charge >= 0.3 is 0 Å². The third kappa shape index (κ3) is 2.21. The third-order valence-corrected chi connectivity index (χ3v) is 4.32. The molecule has 19 heavy (non-hydrogen) atoms. The Bertz CT molecular complexity index is 659. The zero-order valence-corrected chi connectivity index (χ0v) is 11.3. The second-order valence-electron chi connectivity index (χ2n) is 4.64. The van der Waals surface area contributed by atoms with Gasteiger partial charge in [-0.15, -0.1) is 11.3 Å². The molecule has 2 aromatic rings. The Morgan fingerprint density at radius 1 is 1.26 bits per heavy atom. The lowest BCUT2D eigenvalue weighted by atomic mass is 10.1. The predicted octanol–water partition coefficient (Wildman–Crippen LogP) is 2.61. The van der Waals surface area contributed by atoms with Crippen molar-refractivity contribution in [3.63, 3.8) is 0 Å². The van der Waals surface area contributed by atoms with Crippen molar-refractivity contribution in [2.24, 2.45) is 5.92 Å². The molecule has 4 nitrogen and oxygen atoms in total. The molecule has 1 aromatic heterocycles. The van der Waals surface area contributed by atoms with Gasteiger partial charge in [0, 0.05) is 23.1 Å². The van der Waals surface area contributed by atoms with Gasteiger partial charge in [-0.05, 0) is 18.9 Å². The highest BCUT2D eigenvalue weighted by molar-refractivity contribution is 7.23. The summed E-state index contributed by atoms with van der Waals surface area (Å²) < 4.78 is 1.01. The molecule has 0 unspecified atom stereocenters. The van der Waals surface area contributed by atoms with Crippen LogP contribution in [0.25, 0.3) is 10.1 Å². The van der Waals surface area contributed by atoms with E-state index in [1.165, 1.54) is 11.3 Å². The Balaban J connectivity index is 2.05. The van der Waals surface area contributed by atoms with Crippen LogP contribution < -0.4 is 10.6 Å². The quantitative estimate of drug-likeness (QED) is 0.904. The van der Waals surface area contributed by atoms with Crippen LogP contribution in [0.5, 0.6) is 0 Å². The van der Waals surface area contributed by atoms with Crippen molar-refractivity contribution < 1.29 is 9.59 Å². The Labute approximate surface area is 114 Å². The maximum atomic E-state index is 12.0. The molecule has 0 atom stereocenters. The molecule has 0 aliphatic heterocycles. The van der Waals surface area contributed by atoms with Gasteiger partial charge in [0.15, 0.2) is 0 Å². The Morgan fingerprint density at radius 3 is 2.68 bits per heavy atom. The van der Waals surface area contributed by atoms with Crippen molar-refractivity contribution >= 4 is 38.2 Å². The van der Waals surface area contributed by atoms with Gasteiger partial charge in [-0.1, -0.05) is 18.2 Å². The summed E-state index contributed by atoms with van der Waals surface area (Å²) in [6.07, 6.45) is 1.90. The maximum absolute atomic E-state index is 12.0. The molecule has 0 radical (unpaired) electrons. The fourth-order valence-corrected chi connectivity index (χ4v) is 3.15. The number of fused-ring (bicyclic) bond motifs is 1. The number of benzene rings is 1. The molecule has 1 saturated carbocycles. The average Bonchev–Trinajstić information content (AvgIpc) is 3.20. The van der Waals surface area contributed by atoms with E-state index in [0.29, 0.717) is 10.6 Å². The molecule has 3 rings (SSSR count). The fourth-order valence-electron chi connectivity index (χ4n) is 2.04. The van der Waals surface area contributed by atoms with Crippen LogP contribution in [-0.2, 0) is 4.79 Å². The summed E-state index contributed by atoms with van der Waals surface area (Å²) in [6, 6.07) is 7.69. The lowest BCUT2D eigenvalue weighted by Crippen LogP contribution is -2.20. The summed E-state index contributed by atoms with van der Waals surface area (Å²) in [6.45, 7) is 0. The van der Waals surface area contributed by atoms with Crippen molar-refractivity contribution in [3.05, 3.63) is 29.8 Å². The van der Waals surface area contributed by atoms with E-state index >= 15 is 0 Å². The molecule has 0 spiro atoms. The fraction of sp³-hybridized carbons (Fsp3) is 0.286. The van der Waals surface area contributed by atoms with E-state index in [-0.39, 0.29) is 17.7 Å². The molecule has 1 aliphatic rings. The van der Waals surface area contributed by atoms with Crippen LogP contribution in [0.15, 0.2) is 24.3 Å². The largest absolute Gasteiger partial charge is 0.355 e. The topological polar surface area (TPSA) is 58.2 Å². The molecule has 2 amide bonds. The van der Waals surface area contributed by atoms with Crippen molar-refractivity contribution in [1.82, 2.24) is 5.32 Å².